The van der Waals surface area contributed by atoms with Crippen LogP contribution in [0, 0.1) is 29.0 Å². The zero-order valence-corrected chi connectivity index (χ0v) is 17.2. The summed E-state index contributed by atoms with van der Waals surface area (Å²) < 4.78 is 41.0. The molecule has 4 saturated carbocycles. The van der Waals surface area contributed by atoms with E-state index in [4.69, 9.17) is 5.73 Å². The Morgan fingerprint density at radius 1 is 1.20 bits per heavy atom. The van der Waals surface area contributed by atoms with Gasteiger partial charge in [-0.2, -0.15) is 4.72 Å². The average molecular weight is 440 g/mol. The molecule has 30 heavy (non-hydrogen) atoms. The third-order valence-electron chi connectivity index (χ3n) is 7.03. The predicted molar refractivity (Wildman–Crippen MR) is 105 cm³/mol. The van der Waals surface area contributed by atoms with E-state index in [0.717, 1.165) is 31.4 Å². The third-order valence-corrected chi connectivity index (χ3v) is 8.53. The monoisotopic (exact) mass is 439 g/mol. The number of benzene rings is 1. The van der Waals surface area contributed by atoms with Crippen molar-refractivity contribution in [1.82, 2.24) is 10.0 Å². The van der Waals surface area contributed by atoms with Gasteiger partial charge in [-0.15, -0.1) is 0 Å². The molecule has 1 aromatic rings. The standard InChI is InChI=1S/C20H26FN3O5S/c21-14-3-1-2-4-16(14)30(28,29)24-15(10-25)18(26)23-17-12-5-11-6-13(17)9-20(7-11,8-12)19(22)27/h1-4,11-13,15,17,24-25H,5-10H2,(H2,22,27)(H,23,26)/t11?,12?,13?,15-,17?,20?/m0/s1. The maximum Gasteiger partial charge on any atom is 0.244 e. The molecule has 5 N–H and O–H groups in total. The normalized spacial score (nSPS) is 33.3. The van der Waals surface area contributed by atoms with Gasteiger partial charge in [-0.05, 0) is 62.0 Å². The summed E-state index contributed by atoms with van der Waals surface area (Å²) in [6, 6.07) is 3.17. The van der Waals surface area contributed by atoms with Crippen LogP contribution in [0.4, 0.5) is 4.39 Å². The second-order valence-electron chi connectivity index (χ2n) is 8.94. The lowest BCUT2D eigenvalue weighted by molar-refractivity contribution is -0.147. The molecule has 4 bridgehead atoms. The maximum absolute atomic E-state index is 13.9. The summed E-state index contributed by atoms with van der Waals surface area (Å²) in [7, 11) is -4.34. The number of rotatable bonds is 7. The Hall–Kier alpha value is -2.04. The number of nitrogens with one attached hydrogen (secondary N) is 2. The fourth-order valence-corrected chi connectivity index (χ4v) is 7.18. The van der Waals surface area contributed by atoms with Crippen molar-refractivity contribution in [2.45, 2.75) is 49.1 Å². The summed E-state index contributed by atoms with van der Waals surface area (Å²) in [5.74, 6) is -1.29. The number of primary amides is 1. The summed E-state index contributed by atoms with van der Waals surface area (Å²) in [5, 5.41) is 12.5. The summed E-state index contributed by atoms with van der Waals surface area (Å²) in [6.07, 6.45) is 3.82. The first kappa shape index (κ1) is 21.2. The van der Waals surface area contributed by atoms with Crippen LogP contribution in [-0.2, 0) is 19.6 Å². The van der Waals surface area contributed by atoms with Crippen LogP contribution in [0.2, 0.25) is 0 Å². The van der Waals surface area contributed by atoms with Crippen LogP contribution >= 0.6 is 0 Å². The highest BCUT2D eigenvalue weighted by Gasteiger charge is 2.58. The minimum absolute atomic E-state index is 0.0928. The lowest BCUT2D eigenvalue weighted by Crippen LogP contribution is -2.63. The van der Waals surface area contributed by atoms with Crippen molar-refractivity contribution in [2.75, 3.05) is 6.61 Å². The van der Waals surface area contributed by atoms with Crippen LogP contribution in [0.25, 0.3) is 0 Å². The van der Waals surface area contributed by atoms with Crippen molar-refractivity contribution in [2.24, 2.45) is 28.9 Å². The molecule has 4 aliphatic rings. The van der Waals surface area contributed by atoms with Crippen molar-refractivity contribution < 1.29 is 27.5 Å². The first-order chi connectivity index (χ1) is 14.1. The average Bonchev–Trinajstić information content (AvgIpc) is 2.68. The van der Waals surface area contributed by atoms with Crippen molar-refractivity contribution in [3.8, 4) is 0 Å². The summed E-state index contributed by atoms with van der Waals surface area (Å²) in [5.41, 5.74) is 5.18. The lowest BCUT2D eigenvalue weighted by Gasteiger charge is -2.58. The highest BCUT2D eigenvalue weighted by atomic mass is 32.2. The third kappa shape index (κ3) is 3.61. The fraction of sp³-hybridized carbons (Fsp3) is 0.600. The van der Waals surface area contributed by atoms with E-state index in [1.54, 1.807) is 0 Å². The molecule has 4 fully saturated rings. The molecule has 2 unspecified atom stereocenters. The number of carbonyl (C=O) groups excluding carboxylic acids is 2. The first-order valence-electron chi connectivity index (χ1n) is 10.1. The van der Waals surface area contributed by atoms with Gasteiger partial charge >= 0.3 is 0 Å². The van der Waals surface area contributed by atoms with Gasteiger partial charge in [0, 0.05) is 11.5 Å². The van der Waals surface area contributed by atoms with Crippen molar-refractivity contribution in [3.63, 3.8) is 0 Å². The largest absolute Gasteiger partial charge is 0.394 e. The molecule has 0 heterocycles. The molecule has 0 radical (unpaired) electrons. The molecule has 5 rings (SSSR count). The molecule has 164 valence electrons. The predicted octanol–water partition coefficient (Wildman–Crippen LogP) is 0.261. The van der Waals surface area contributed by atoms with Gasteiger partial charge in [-0.25, -0.2) is 12.8 Å². The molecule has 8 nitrogen and oxygen atoms in total. The Morgan fingerprint density at radius 3 is 2.40 bits per heavy atom. The molecule has 0 aromatic heterocycles. The molecular formula is C20H26FN3O5S. The van der Waals surface area contributed by atoms with Crippen LogP contribution in [0.5, 0.6) is 0 Å². The highest BCUT2D eigenvalue weighted by Crippen LogP contribution is 2.59. The number of carbonyl (C=O) groups is 2. The lowest BCUT2D eigenvalue weighted by atomic mass is 9.47. The van der Waals surface area contributed by atoms with E-state index in [0.29, 0.717) is 18.8 Å². The Morgan fingerprint density at radius 2 is 1.83 bits per heavy atom. The molecule has 4 aliphatic carbocycles. The van der Waals surface area contributed by atoms with Crippen molar-refractivity contribution in [1.29, 1.82) is 0 Å². The van der Waals surface area contributed by atoms with Gasteiger partial charge in [-0.3, -0.25) is 9.59 Å². The summed E-state index contributed by atoms with van der Waals surface area (Å²) in [4.78, 5) is 24.3. The number of nitrogens with two attached hydrogens (primary N) is 1. The SMILES string of the molecule is NC(=O)C12CC3CC(C1)C(NC(=O)[C@H](CO)NS(=O)(=O)c1ccccc1F)C(C3)C2. The van der Waals surface area contributed by atoms with E-state index < -0.39 is 44.7 Å². The van der Waals surface area contributed by atoms with E-state index in [1.165, 1.54) is 12.1 Å². The quantitative estimate of drug-likeness (QED) is 0.483. The zero-order chi connectivity index (χ0) is 21.7. The molecule has 2 amide bonds. The number of hydrogen-bond donors (Lipinski definition) is 4. The molecular weight excluding hydrogens is 413 g/mol. The first-order valence-corrected chi connectivity index (χ1v) is 11.6. The number of amides is 2. The molecule has 0 saturated heterocycles. The van der Waals surface area contributed by atoms with Crippen LogP contribution in [-0.4, -0.2) is 44.0 Å². The number of aliphatic hydroxyl groups is 1. The Bertz CT molecular complexity index is 953. The van der Waals surface area contributed by atoms with Gasteiger partial charge in [0.15, 0.2) is 0 Å². The summed E-state index contributed by atoms with van der Waals surface area (Å²) in [6.45, 7) is -0.768. The van der Waals surface area contributed by atoms with Gasteiger partial charge in [-0.1, -0.05) is 12.1 Å². The second-order valence-corrected chi connectivity index (χ2v) is 10.6. The smallest absolute Gasteiger partial charge is 0.244 e. The number of sulfonamides is 1. The van der Waals surface area contributed by atoms with Crippen molar-refractivity contribution >= 4 is 21.8 Å². The van der Waals surface area contributed by atoms with Crippen molar-refractivity contribution in [3.05, 3.63) is 30.1 Å². The minimum Gasteiger partial charge on any atom is -0.394 e. The van der Waals surface area contributed by atoms with Crippen LogP contribution in [0.15, 0.2) is 29.2 Å². The highest BCUT2D eigenvalue weighted by molar-refractivity contribution is 7.89. The molecule has 1 aromatic carbocycles. The van der Waals surface area contributed by atoms with Crippen LogP contribution in [0.1, 0.15) is 32.1 Å². The topological polar surface area (TPSA) is 139 Å². The van der Waals surface area contributed by atoms with Gasteiger partial charge in [0.25, 0.3) is 0 Å². The van der Waals surface area contributed by atoms with E-state index in [-0.39, 0.29) is 23.8 Å². The zero-order valence-electron chi connectivity index (χ0n) is 16.4. The molecule has 0 spiro atoms. The van der Waals surface area contributed by atoms with Crippen LogP contribution < -0.4 is 15.8 Å². The minimum atomic E-state index is -4.34. The number of aliphatic hydroxyl groups excluding tert-OH is 1. The molecule has 3 atom stereocenters. The Labute approximate surface area is 174 Å². The maximum atomic E-state index is 13.9. The van der Waals surface area contributed by atoms with E-state index >= 15 is 0 Å². The Kier molecular flexibility index (Phi) is 5.36. The Balaban J connectivity index is 1.47. The summed E-state index contributed by atoms with van der Waals surface area (Å²) >= 11 is 0. The van der Waals surface area contributed by atoms with Gasteiger partial charge in [0.2, 0.25) is 21.8 Å². The number of halogens is 1. The molecule has 10 heteroatoms. The van der Waals surface area contributed by atoms with E-state index in [1.807, 2.05) is 0 Å². The second kappa shape index (κ2) is 7.58. The fourth-order valence-electron chi connectivity index (χ4n) is 5.91. The van der Waals surface area contributed by atoms with E-state index in [9.17, 15) is 27.5 Å². The van der Waals surface area contributed by atoms with Gasteiger partial charge < -0.3 is 16.2 Å². The van der Waals surface area contributed by atoms with E-state index in [2.05, 4.69) is 10.0 Å². The molecule has 0 aliphatic heterocycles. The van der Waals surface area contributed by atoms with Gasteiger partial charge in [0.05, 0.1) is 6.61 Å². The van der Waals surface area contributed by atoms with Gasteiger partial charge in [0.1, 0.15) is 16.8 Å². The van der Waals surface area contributed by atoms with Crippen LogP contribution in [0.3, 0.4) is 0 Å². The number of hydrogen-bond acceptors (Lipinski definition) is 5.